The molecule has 2 aromatic carbocycles. The van der Waals surface area contributed by atoms with E-state index >= 15 is 0 Å². The molecule has 0 aliphatic heterocycles. The third-order valence-electron chi connectivity index (χ3n) is 6.79. The quantitative estimate of drug-likeness (QED) is 0.0834. The van der Waals surface area contributed by atoms with E-state index in [4.69, 9.17) is 9.47 Å². The summed E-state index contributed by atoms with van der Waals surface area (Å²) in [5, 5.41) is 5.91. The van der Waals surface area contributed by atoms with Gasteiger partial charge in [0.1, 0.15) is 0 Å². The molecular weight excluding hydrogens is 613 g/mol. The normalized spacial score (nSPS) is 13.3. The molecule has 2 unspecified atom stereocenters. The number of rotatable bonds is 18. The Morgan fingerprint density at radius 3 is 2.00 bits per heavy atom. The van der Waals surface area contributed by atoms with Crippen molar-refractivity contribution in [1.29, 1.82) is 0 Å². The number of amides is 2. The summed E-state index contributed by atoms with van der Waals surface area (Å²) in [6.07, 6.45) is 0.535. The summed E-state index contributed by atoms with van der Waals surface area (Å²) in [5.74, 6) is -1.23. The van der Waals surface area contributed by atoms with Crippen LogP contribution in [-0.4, -0.2) is 49.5 Å². The van der Waals surface area contributed by atoms with Crippen molar-refractivity contribution in [3.63, 3.8) is 0 Å². The molecule has 2 aromatic rings. The zero-order valence-corrected chi connectivity index (χ0v) is 29.1. The minimum absolute atomic E-state index is 0.0432. The first kappa shape index (κ1) is 38.7. The second-order valence-electron chi connectivity index (χ2n) is 12.3. The minimum atomic E-state index is -4.62. The van der Waals surface area contributed by atoms with Gasteiger partial charge in [0.05, 0.1) is 23.7 Å². The topological polar surface area (TPSA) is 153 Å². The molecule has 0 radical (unpaired) electrons. The summed E-state index contributed by atoms with van der Waals surface area (Å²) < 4.78 is 31.0. The van der Waals surface area contributed by atoms with E-state index in [0.29, 0.717) is 29.6 Å². The molecule has 2 atom stereocenters. The standard InChI is InChI=1S/C33H50N3O9P/c1-9-26(17-31(37)42-20-44-46(40,41)45-21-43-32(38)24(6)7)27-12-15-30(36(18-22(2)3)19-23(4)5)29(16-27)35-33(39)34-28-13-10-25(8)11-14-28/h10-16,22-24,26H,9,17-21H2,1-8H3,(H,40,41)(H2,34,35,39). The van der Waals surface area contributed by atoms with Crippen LogP contribution in [0.25, 0.3) is 0 Å². The zero-order chi connectivity index (χ0) is 34.4. The molecule has 3 N–H and O–H groups in total. The van der Waals surface area contributed by atoms with Gasteiger partial charge < -0.3 is 29.9 Å². The van der Waals surface area contributed by atoms with E-state index in [2.05, 4.69) is 52.3 Å². The van der Waals surface area contributed by atoms with Crippen LogP contribution in [0.1, 0.15) is 78.4 Å². The average Bonchev–Trinajstić information content (AvgIpc) is 2.96. The van der Waals surface area contributed by atoms with Crippen LogP contribution in [0.2, 0.25) is 0 Å². The molecule has 256 valence electrons. The maximum Gasteiger partial charge on any atom is 0.478 e. The molecule has 0 saturated heterocycles. The number of anilines is 3. The fourth-order valence-electron chi connectivity index (χ4n) is 4.53. The average molecular weight is 664 g/mol. The van der Waals surface area contributed by atoms with Gasteiger partial charge in [0.25, 0.3) is 0 Å². The molecule has 0 aromatic heterocycles. The summed E-state index contributed by atoms with van der Waals surface area (Å²) in [6.45, 7) is 15.6. The fraction of sp³-hybridized carbons (Fsp3) is 0.545. The van der Waals surface area contributed by atoms with Gasteiger partial charge in [0, 0.05) is 18.8 Å². The zero-order valence-electron chi connectivity index (χ0n) is 28.2. The third kappa shape index (κ3) is 13.9. The number of benzene rings is 2. The molecule has 2 amide bonds. The monoisotopic (exact) mass is 663 g/mol. The Morgan fingerprint density at radius 1 is 0.870 bits per heavy atom. The maximum atomic E-state index is 13.1. The summed E-state index contributed by atoms with van der Waals surface area (Å²) >= 11 is 0. The lowest BCUT2D eigenvalue weighted by atomic mass is 9.92. The van der Waals surface area contributed by atoms with Crippen molar-refractivity contribution in [3.8, 4) is 0 Å². The Balaban J connectivity index is 2.18. The number of hydrogen-bond acceptors (Lipinski definition) is 9. The number of esters is 2. The number of aryl methyl sites for hydroxylation is 1. The second kappa shape index (κ2) is 18.6. The predicted octanol–water partition coefficient (Wildman–Crippen LogP) is 7.43. The van der Waals surface area contributed by atoms with Crippen molar-refractivity contribution in [2.75, 3.05) is 42.2 Å². The summed E-state index contributed by atoms with van der Waals surface area (Å²) in [5.41, 5.74) is 4.03. The molecular formula is C33H50N3O9P. The van der Waals surface area contributed by atoms with Gasteiger partial charge in [-0.05, 0) is 60.9 Å². The van der Waals surface area contributed by atoms with Gasteiger partial charge in [-0.3, -0.25) is 9.59 Å². The van der Waals surface area contributed by atoms with Gasteiger partial charge in [-0.1, -0.05) is 72.2 Å². The highest BCUT2D eigenvalue weighted by Gasteiger charge is 2.25. The molecule has 0 aliphatic rings. The summed E-state index contributed by atoms with van der Waals surface area (Å²) in [6, 6.07) is 12.9. The SMILES string of the molecule is CCC(CC(=O)OCOP(=O)(O)OCOC(=O)C(C)C)c1ccc(N(CC(C)C)CC(C)C)c(NC(=O)Nc2ccc(C)cc2)c1. The van der Waals surface area contributed by atoms with E-state index in [9.17, 15) is 23.8 Å². The molecule has 0 aliphatic carbocycles. The molecule has 0 bridgehead atoms. The molecule has 12 nitrogen and oxygen atoms in total. The van der Waals surface area contributed by atoms with Gasteiger partial charge >= 0.3 is 25.8 Å². The number of phosphoric ester groups is 1. The number of carbonyl (C=O) groups excluding carboxylic acids is 3. The number of phosphoric acid groups is 1. The maximum absolute atomic E-state index is 13.1. The van der Waals surface area contributed by atoms with Gasteiger partial charge in [-0.25, -0.2) is 18.4 Å². The first-order chi connectivity index (χ1) is 21.6. The molecule has 2 rings (SSSR count). The Kier molecular flexibility index (Phi) is 15.7. The predicted molar refractivity (Wildman–Crippen MR) is 179 cm³/mol. The highest BCUT2D eigenvalue weighted by atomic mass is 31.2. The lowest BCUT2D eigenvalue weighted by molar-refractivity contribution is -0.156. The Labute approximate surface area is 272 Å². The largest absolute Gasteiger partial charge is 0.478 e. The molecule has 0 heterocycles. The van der Waals surface area contributed by atoms with E-state index in [-0.39, 0.29) is 12.3 Å². The van der Waals surface area contributed by atoms with Crippen molar-refractivity contribution in [3.05, 3.63) is 53.6 Å². The van der Waals surface area contributed by atoms with Crippen molar-refractivity contribution in [2.24, 2.45) is 17.8 Å². The van der Waals surface area contributed by atoms with Crippen LogP contribution >= 0.6 is 7.82 Å². The van der Waals surface area contributed by atoms with Gasteiger partial charge in [-0.15, -0.1) is 0 Å². The molecule has 0 fully saturated rings. The number of ether oxygens (including phenoxy) is 2. The third-order valence-corrected chi connectivity index (χ3v) is 7.65. The number of nitrogens with one attached hydrogen (secondary N) is 2. The van der Waals surface area contributed by atoms with Crippen LogP contribution < -0.4 is 15.5 Å². The molecule has 0 saturated carbocycles. The highest BCUT2D eigenvalue weighted by molar-refractivity contribution is 7.47. The van der Waals surface area contributed by atoms with Crippen LogP contribution in [-0.2, 0) is 32.7 Å². The number of nitrogens with zero attached hydrogens (tertiary/aromatic N) is 1. The highest BCUT2D eigenvalue weighted by Crippen LogP contribution is 2.43. The Hall–Kier alpha value is -3.44. The van der Waals surface area contributed by atoms with Gasteiger partial charge in [0.2, 0.25) is 13.6 Å². The van der Waals surface area contributed by atoms with E-state index in [1.165, 1.54) is 0 Å². The van der Waals surface area contributed by atoms with E-state index in [1.807, 2.05) is 56.3 Å². The number of urea groups is 1. The van der Waals surface area contributed by atoms with E-state index in [1.54, 1.807) is 13.8 Å². The van der Waals surface area contributed by atoms with Gasteiger partial charge in [-0.2, -0.15) is 0 Å². The Bertz CT molecular complexity index is 1320. The summed E-state index contributed by atoms with van der Waals surface area (Å²) in [7, 11) is -4.62. The van der Waals surface area contributed by atoms with Gasteiger partial charge in [0.15, 0.2) is 0 Å². The smallest absolute Gasteiger partial charge is 0.438 e. The molecule has 46 heavy (non-hydrogen) atoms. The lowest BCUT2D eigenvalue weighted by Crippen LogP contribution is -2.32. The van der Waals surface area contributed by atoms with Crippen LogP contribution in [0.5, 0.6) is 0 Å². The van der Waals surface area contributed by atoms with Crippen LogP contribution in [0.3, 0.4) is 0 Å². The second-order valence-corrected chi connectivity index (χ2v) is 13.8. The van der Waals surface area contributed by atoms with Crippen molar-refractivity contribution >= 4 is 42.9 Å². The van der Waals surface area contributed by atoms with Crippen molar-refractivity contribution in [1.82, 2.24) is 0 Å². The van der Waals surface area contributed by atoms with Crippen molar-refractivity contribution < 1.29 is 42.4 Å². The fourth-order valence-corrected chi connectivity index (χ4v) is 4.98. The van der Waals surface area contributed by atoms with E-state index < -0.39 is 45.3 Å². The van der Waals surface area contributed by atoms with Crippen molar-refractivity contribution in [2.45, 2.75) is 74.1 Å². The lowest BCUT2D eigenvalue weighted by Gasteiger charge is -2.31. The van der Waals surface area contributed by atoms with E-state index in [0.717, 1.165) is 29.9 Å². The number of carbonyl (C=O) groups is 3. The summed E-state index contributed by atoms with van der Waals surface area (Å²) in [4.78, 5) is 49.3. The minimum Gasteiger partial charge on any atom is -0.438 e. The first-order valence-corrected chi connectivity index (χ1v) is 17.1. The molecule has 13 heteroatoms. The van der Waals surface area contributed by atoms with Crippen LogP contribution in [0.4, 0.5) is 21.9 Å². The van der Waals surface area contributed by atoms with Crippen LogP contribution in [0, 0.1) is 24.7 Å². The first-order valence-electron chi connectivity index (χ1n) is 15.6. The number of hydrogen-bond donors (Lipinski definition) is 3. The Morgan fingerprint density at radius 2 is 1.46 bits per heavy atom. The molecule has 0 spiro atoms. The van der Waals surface area contributed by atoms with Crippen LogP contribution in [0.15, 0.2) is 42.5 Å².